The van der Waals surface area contributed by atoms with Gasteiger partial charge in [-0.25, -0.2) is 4.79 Å². The number of methoxy groups -OCH3 is 1. The number of urea groups is 1. The van der Waals surface area contributed by atoms with Crippen LogP contribution in [0.2, 0.25) is 0 Å². The van der Waals surface area contributed by atoms with Crippen LogP contribution in [0, 0.1) is 11.8 Å². The number of piperidine rings is 1. The van der Waals surface area contributed by atoms with Crippen molar-refractivity contribution in [2.75, 3.05) is 38.6 Å². The number of anilines is 1. The predicted octanol–water partition coefficient (Wildman–Crippen LogP) is 2.98. The van der Waals surface area contributed by atoms with E-state index >= 15 is 0 Å². The first-order valence-corrected chi connectivity index (χ1v) is 9.87. The number of carbonyl (C=O) groups is 3. The van der Waals surface area contributed by atoms with Crippen LogP contribution in [0.4, 0.5) is 10.5 Å². The Balaban J connectivity index is 1.98. The number of nitrogens with one attached hydrogen (secondary N) is 1. The Morgan fingerprint density at radius 3 is 2.61 bits per heavy atom. The normalized spacial score (nSPS) is 16.6. The second-order valence-corrected chi connectivity index (χ2v) is 7.59. The third-order valence-electron chi connectivity index (χ3n) is 4.79. The second kappa shape index (κ2) is 10.7. The number of nitrogens with zero attached hydrogens (tertiary/aromatic N) is 2. The van der Waals surface area contributed by atoms with E-state index in [1.54, 1.807) is 9.80 Å². The number of rotatable bonds is 7. The molecule has 1 atom stereocenters. The van der Waals surface area contributed by atoms with Gasteiger partial charge in [0.15, 0.2) is 0 Å². The van der Waals surface area contributed by atoms with E-state index < -0.39 is 0 Å². The third kappa shape index (κ3) is 6.55. The molecule has 7 heteroatoms. The average molecular weight is 389 g/mol. The van der Waals surface area contributed by atoms with Gasteiger partial charge >= 0.3 is 12.0 Å². The summed E-state index contributed by atoms with van der Waals surface area (Å²) in [6, 6.07) is 9.10. The molecule has 1 aromatic rings. The van der Waals surface area contributed by atoms with Crippen molar-refractivity contribution in [3.63, 3.8) is 0 Å². The lowest BCUT2D eigenvalue weighted by molar-refractivity contribution is -0.143. The third-order valence-corrected chi connectivity index (χ3v) is 4.79. The molecule has 28 heavy (non-hydrogen) atoms. The monoisotopic (exact) mass is 389 g/mol. The standard InChI is InChI=1S/C21H31N3O4/c1-16(2)14-23(13-11-19(25)28-3)20(26)17-8-7-12-24(15-17)21(27)22-18-9-5-4-6-10-18/h4-6,9-10,16-17H,7-8,11-15H2,1-3H3,(H,22,27). The van der Waals surface area contributed by atoms with Crippen molar-refractivity contribution in [2.45, 2.75) is 33.1 Å². The highest BCUT2D eigenvalue weighted by molar-refractivity contribution is 5.90. The Labute approximate surface area is 167 Å². The van der Waals surface area contributed by atoms with Crippen molar-refractivity contribution in [2.24, 2.45) is 11.8 Å². The van der Waals surface area contributed by atoms with Gasteiger partial charge in [-0.3, -0.25) is 9.59 Å². The number of para-hydroxylation sites is 1. The van der Waals surface area contributed by atoms with E-state index in [1.165, 1.54) is 7.11 Å². The Morgan fingerprint density at radius 2 is 1.96 bits per heavy atom. The van der Waals surface area contributed by atoms with Crippen molar-refractivity contribution in [1.29, 1.82) is 0 Å². The number of hydrogen-bond acceptors (Lipinski definition) is 4. The number of esters is 1. The number of likely N-dealkylation sites (tertiary alicyclic amines) is 1. The van der Waals surface area contributed by atoms with Crippen LogP contribution in [0.15, 0.2) is 30.3 Å². The Hall–Kier alpha value is -2.57. The lowest BCUT2D eigenvalue weighted by Gasteiger charge is -2.35. The van der Waals surface area contributed by atoms with E-state index in [0.717, 1.165) is 18.5 Å². The van der Waals surface area contributed by atoms with Crippen LogP contribution in [0.25, 0.3) is 0 Å². The Bertz CT molecular complexity index is 663. The SMILES string of the molecule is COC(=O)CCN(CC(C)C)C(=O)C1CCCN(C(=O)Nc2ccccc2)C1. The molecule has 1 aliphatic heterocycles. The van der Waals surface area contributed by atoms with Crippen LogP contribution in [0.5, 0.6) is 0 Å². The minimum absolute atomic E-state index is 0.00909. The van der Waals surface area contributed by atoms with Crippen molar-refractivity contribution in [3.8, 4) is 0 Å². The zero-order valence-electron chi connectivity index (χ0n) is 17.0. The van der Waals surface area contributed by atoms with Gasteiger partial charge in [0.1, 0.15) is 0 Å². The van der Waals surface area contributed by atoms with Crippen LogP contribution in [0.3, 0.4) is 0 Å². The molecule has 0 saturated carbocycles. The molecule has 154 valence electrons. The fraction of sp³-hybridized carbons (Fsp3) is 0.571. The summed E-state index contributed by atoms with van der Waals surface area (Å²) in [5, 5.41) is 2.88. The van der Waals surface area contributed by atoms with Gasteiger partial charge in [-0.1, -0.05) is 32.0 Å². The molecule has 0 aliphatic carbocycles. The summed E-state index contributed by atoms with van der Waals surface area (Å²) in [6.07, 6.45) is 1.71. The van der Waals surface area contributed by atoms with E-state index in [9.17, 15) is 14.4 Å². The van der Waals surface area contributed by atoms with Gasteiger partial charge in [0.2, 0.25) is 5.91 Å². The Kier molecular flexibility index (Phi) is 8.29. The molecule has 7 nitrogen and oxygen atoms in total. The highest BCUT2D eigenvalue weighted by Gasteiger charge is 2.31. The predicted molar refractivity (Wildman–Crippen MR) is 108 cm³/mol. The lowest BCUT2D eigenvalue weighted by atomic mass is 9.96. The molecule has 1 heterocycles. The van der Waals surface area contributed by atoms with Gasteiger partial charge in [-0.2, -0.15) is 0 Å². The summed E-state index contributed by atoms with van der Waals surface area (Å²) < 4.78 is 4.70. The first-order chi connectivity index (χ1) is 13.4. The molecule has 0 radical (unpaired) electrons. The maximum atomic E-state index is 13.1. The van der Waals surface area contributed by atoms with Crippen LogP contribution >= 0.6 is 0 Å². The molecule has 1 aromatic carbocycles. The molecule has 0 bridgehead atoms. The molecule has 1 N–H and O–H groups in total. The number of ether oxygens (including phenoxy) is 1. The van der Waals surface area contributed by atoms with Gasteiger partial charge in [-0.15, -0.1) is 0 Å². The van der Waals surface area contributed by atoms with Crippen molar-refractivity contribution >= 4 is 23.6 Å². The summed E-state index contributed by atoms with van der Waals surface area (Å²) in [6.45, 7) is 6.04. The van der Waals surface area contributed by atoms with E-state index in [0.29, 0.717) is 32.1 Å². The molecule has 1 fully saturated rings. The van der Waals surface area contributed by atoms with Gasteiger partial charge < -0.3 is 19.9 Å². The first kappa shape index (κ1) is 21.7. The molecule has 1 unspecified atom stereocenters. The summed E-state index contributed by atoms with van der Waals surface area (Å²) in [5.74, 6) is -0.266. The summed E-state index contributed by atoms with van der Waals surface area (Å²) in [4.78, 5) is 40.6. The highest BCUT2D eigenvalue weighted by Crippen LogP contribution is 2.21. The molecular formula is C21H31N3O4. The fourth-order valence-electron chi connectivity index (χ4n) is 3.41. The van der Waals surface area contributed by atoms with E-state index in [1.807, 2.05) is 44.2 Å². The highest BCUT2D eigenvalue weighted by atomic mass is 16.5. The number of benzene rings is 1. The molecule has 0 spiro atoms. The van der Waals surface area contributed by atoms with Gasteiger partial charge in [0, 0.05) is 31.9 Å². The topological polar surface area (TPSA) is 79.0 Å². The van der Waals surface area contributed by atoms with Crippen molar-refractivity contribution in [1.82, 2.24) is 9.80 Å². The number of hydrogen-bond donors (Lipinski definition) is 1. The van der Waals surface area contributed by atoms with E-state index in [4.69, 9.17) is 4.74 Å². The second-order valence-electron chi connectivity index (χ2n) is 7.59. The quantitative estimate of drug-likeness (QED) is 0.727. The van der Waals surface area contributed by atoms with E-state index in [-0.39, 0.29) is 30.2 Å². The van der Waals surface area contributed by atoms with Crippen LogP contribution < -0.4 is 5.32 Å². The van der Waals surface area contributed by atoms with Gasteiger partial charge in [0.05, 0.1) is 19.4 Å². The zero-order valence-corrected chi connectivity index (χ0v) is 17.0. The van der Waals surface area contributed by atoms with Gasteiger partial charge in [0.25, 0.3) is 0 Å². The molecule has 1 aliphatic rings. The van der Waals surface area contributed by atoms with Gasteiger partial charge in [-0.05, 0) is 30.9 Å². The van der Waals surface area contributed by atoms with E-state index in [2.05, 4.69) is 5.32 Å². The van der Waals surface area contributed by atoms with Crippen LogP contribution in [-0.4, -0.2) is 61.0 Å². The van der Waals surface area contributed by atoms with Crippen LogP contribution in [0.1, 0.15) is 33.1 Å². The largest absolute Gasteiger partial charge is 0.469 e. The molecule has 3 amide bonds. The maximum Gasteiger partial charge on any atom is 0.321 e. The van der Waals surface area contributed by atoms with Crippen molar-refractivity contribution < 1.29 is 19.1 Å². The number of amides is 3. The summed E-state index contributed by atoms with van der Waals surface area (Å²) in [7, 11) is 1.35. The zero-order chi connectivity index (χ0) is 20.5. The first-order valence-electron chi connectivity index (χ1n) is 9.87. The summed E-state index contributed by atoms with van der Waals surface area (Å²) in [5.41, 5.74) is 0.737. The number of carbonyl (C=O) groups excluding carboxylic acids is 3. The minimum Gasteiger partial charge on any atom is -0.469 e. The summed E-state index contributed by atoms with van der Waals surface area (Å²) >= 11 is 0. The molecule has 2 rings (SSSR count). The molecule has 1 saturated heterocycles. The van der Waals surface area contributed by atoms with Crippen molar-refractivity contribution in [3.05, 3.63) is 30.3 Å². The molecule has 0 aromatic heterocycles. The Morgan fingerprint density at radius 1 is 1.25 bits per heavy atom. The fourth-order valence-corrected chi connectivity index (χ4v) is 3.41. The molecular weight excluding hydrogens is 358 g/mol. The average Bonchev–Trinajstić information content (AvgIpc) is 2.70. The lowest BCUT2D eigenvalue weighted by Crippen LogP contribution is -2.49. The smallest absolute Gasteiger partial charge is 0.321 e. The van der Waals surface area contributed by atoms with Crippen LogP contribution in [-0.2, 0) is 14.3 Å². The minimum atomic E-state index is -0.325. The maximum absolute atomic E-state index is 13.1.